The molecule has 2 aromatic heterocycles. The maximum Gasteiger partial charge on any atom is 0.115 e. The molecular weight excluding hydrogens is 242 g/mol. The molecule has 0 fully saturated rings. The van der Waals surface area contributed by atoms with E-state index < -0.39 is 0 Å². The minimum Gasteiger partial charge on any atom is -0.264 e. The van der Waals surface area contributed by atoms with Gasteiger partial charge in [0.25, 0.3) is 0 Å². The van der Waals surface area contributed by atoms with Crippen molar-refractivity contribution >= 4 is 11.8 Å². The summed E-state index contributed by atoms with van der Waals surface area (Å²) in [6, 6.07) is 9.60. The second-order valence-corrected chi connectivity index (χ2v) is 4.51. The fraction of sp³-hybridized carbons (Fsp3) is 0.0714. The monoisotopic (exact) mass is 253 g/mol. The molecule has 0 aliphatic carbocycles. The molecule has 4 heteroatoms. The van der Waals surface area contributed by atoms with E-state index in [2.05, 4.69) is 22.6 Å². The van der Waals surface area contributed by atoms with Crippen molar-refractivity contribution < 1.29 is 0 Å². The summed E-state index contributed by atoms with van der Waals surface area (Å²) < 4.78 is 0. The smallest absolute Gasteiger partial charge is 0.115 e. The lowest BCUT2D eigenvalue weighted by Crippen LogP contribution is -1.91. The molecule has 88 valence electrons. The molecule has 18 heavy (non-hydrogen) atoms. The molecule has 2 heterocycles. The summed E-state index contributed by atoms with van der Waals surface area (Å²) >= 11 is 1.51. The van der Waals surface area contributed by atoms with Crippen molar-refractivity contribution in [3.05, 3.63) is 54.9 Å². The van der Waals surface area contributed by atoms with E-state index in [4.69, 9.17) is 5.26 Å². The Labute approximate surface area is 110 Å². The summed E-state index contributed by atoms with van der Waals surface area (Å²) in [4.78, 5) is 8.57. The van der Waals surface area contributed by atoms with Gasteiger partial charge < -0.3 is 0 Å². The Kier molecular flexibility index (Phi) is 4.11. The average Bonchev–Trinajstić information content (AvgIpc) is 2.45. The van der Waals surface area contributed by atoms with Crippen molar-refractivity contribution in [1.29, 1.82) is 5.26 Å². The molecule has 3 nitrogen and oxygen atoms in total. The third-order valence-corrected chi connectivity index (χ3v) is 3.26. The summed E-state index contributed by atoms with van der Waals surface area (Å²) in [5, 5.41) is 9.77. The highest BCUT2D eigenvalue weighted by atomic mass is 32.2. The maximum atomic E-state index is 9.04. The van der Waals surface area contributed by atoms with Crippen LogP contribution >= 0.6 is 11.8 Å². The molecule has 0 radical (unpaired) electrons. The highest BCUT2D eigenvalue weighted by Crippen LogP contribution is 2.24. The third-order valence-electron chi connectivity index (χ3n) is 2.28. The Hall–Kier alpha value is -2.12. The van der Waals surface area contributed by atoms with Crippen LogP contribution in [-0.4, -0.2) is 15.7 Å². The van der Waals surface area contributed by atoms with Gasteiger partial charge in [-0.2, -0.15) is 5.26 Å². The molecule has 0 saturated heterocycles. The molecular formula is C14H11N3S. The van der Waals surface area contributed by atoms with Crippen molar-refractivity contribution in [2.45, 2.75) is 5.03 Å². The highest BCUT2D eigenvalue weighted by Gasteiger charge is 2.07. The van der Waals surface area contributed by atoms with Crippen LogP contribution in [-0.2, 0) is 0 Å². The molecule has 0 atom stereocenters. The van der Waals surface area contributed by atoms with Crippen LogP contribution in [0.25, 0.3) is 11.3 Å². The lowest BCUT2D eigenvalue weighted by molar-refractivity contribution is 1.11. The zero-order valence-electron chi connectivity index (χ0n) is 9.71. The molecule has 0 saturated carbocycles. The first-order chi connectivity index (χ1) is 8.85. The van der Waals surface area contributed by atoms with Crippen molar-refractivity contribution in [1.82, 2.24) is 9.97 Å². The van der Waals surface area contributed by atoms with E-state index in [0.717, 1.165) is 22.0 Å². The topological polar surface area (TPSA) is 49.6 Å². The minimum absolute atomic E-state index is 0.592. The molecule has 0 N–H and O–H groups in total. The van der Waals surface area contributed by atoms with E-state index in [-0.39, 0.29) is 0 Å². The summed E-state index contributed by atoms with van der Waals surface area (Å²) in [6.45, 7) is 3.67. The van der Waals surface area contributed by atoms with Gasteiger partial charge in [0, 0.05) is 23.7 Å². The van der Waals surface area contributed by atoms with Gasteiger partial charge in [-0.05, 0) is 24.3 Å². The predicted octanol–water partition coefficient (Wildman–Crippen LogP) is 3.29. The van der Waals surface area contributed by atoms with E-state index in [0.29, 0.717) is 5.56 Å². The van der Waals surface area contributed by atoms with Crippen molar-refractivity contribution in [2.24, 2.45) is 0 Å². The standard InChI is InChI=1S/C14H11N3S/c1-2-8-18-14-11(9-15)5-6-13(17-14)12-4-3-7-16-10-12/h2-7,10H,1,8H2. The van der Waals surface area contributed by atoms with Gasteiger partial charge >= 0.3 is 0 Å². The number of hydrogen-bond donors (Lipinski definition) is 0. The zero-order valence-corrected chi connectivity index (χ0v) is 10.5. The Morgan fingerprint density at radius 2 is 2.28 bits per heavy atom. The second kappa shape index (κ2) is 5.99. The Morgan fingerprint density at radius 1 is 1.39 bits per heavy atom. The number of hydrogen-bond acceptors (Lipinski definition) is 4. The van der Waals surface area contributed by atoms with Crippen molar-refractivity contribution in [3.8, 4) is 17.3 Å². The van der Waals surface area contributed by atoms with E-state index >= 15 is 0 Å². The summed E-state index contributed by atoms with van der Waals surface area (Å²) in [7, 11) is 0. The number of nitriles is 1. The number of pyridine rings is 2. The van der Waals surface area contributed by atoms with Crippen LogP contribution in [0.5, 0.6) is 0 Å². The lowest BCUT2D eigenvalue weighted by Gasteiger charge is -2.05. The number of aromatic nitrogens is 2. The van der Waals surface area contributed by atoms with Gasteiger partial charge in [-0.25, -0.2) is 4.98 Å². The molecule has 2 rings (SSSR count). The fourth-order valence-electron chi connectivity index (χ4n) is 1.45. The highest BCUT2D eigenvalue weighted by molar-refractivity contribution is 7.99. The lowest BCUT2D eigenvalue weighted by atomic mass is 10.2. The Morgan fingerprint density at radius 3 is 2.94 bits per heavy atom. The maximum absolute atomic E-state index is 9.04. The number of nitrogens with zero attached hydrogens (tertiary/aromatic N) is 3. The van der Waals surface area contributed by atoms with Gasteiger partial charge in [0.1, 0.15) is 11.1 Å². The summed E-state index contributed by atoms with van der Waals surface area (Å²) in [5.41, 5.74) is 2.37. The first kappa shape index (κ1) is 12.3. The minimum atomic E-state index is 0.592. The zero-order chi connectivity index (χ0) is 12.8. The SMILES string of the molecule is C=CCSc1nc(-c2cccnc2)ccc1C#N. The molecule has 0 amide bonds. The van der Waals surface area contributed by atoms with Crippen LogP contribution in [0, 0.1) is 11.3 Å². The van der Waals surface area contributed by atoms with Crippen LogP contribution in [0.1, 0.15) is 5.56 Å². The normalized spacial score (nSPS) is 9.72. The molecule has 0 aliphatic heterocycles. The van der Waals surface area contributed by atoms with Crippen LogP contribution < -0.4 is 0 Å². The molecule has 0 aliphatic rings. The van der Waals surface area contributed by atoms with Gasteiger partial charge in [0.2, 0.25) is 0 Å². The van der Waals surface area contributed by atoms with Crippen LogP contribution in [0.15, 0.2) is 54.3 Å². The van der Waals surface area contributed by atoms with Gasteiger partial charge in [-0.3, -0.25) is 4.98 Å². The Bertz CT molecular complexity index is 588. The number of rotatable bonds is 4. The second-order valence-electron chi connectivity index (χ2n) is 3.50. The average molecular weight is 253 g/mol. The molecule has 2 aromatic rings. The van der Waals surface area contributed by atoms with Gasteiger partial charge in [0.15, 0.2) is 0 Å². The quantitative estimate of drug-likeness (QED) is 0.619. The third kappa shape index (κ3) is 2.76. The van der Waals surface area contributed by atoms with Gasteiger partial charge in [-0.15, -0.1) is 18.3 Å². The van der Waals surface area contributed by atoms with Crippen molar-refractivity contribution in [2.75, 3.05) is 5.75 Å². The molecule has 0 aromatic carbocycles. The van der Waals surface area contributed by atoms with Crippen LogP contribution in [0.4, 0.5) is 0 Å². The largest absolute Gasteiger partial charge is 0.264 e. The summed E-state index contributed by atoms with van der Waals surface area (Å²) in [6.07, 6.45) is 5.28. The van der Waals surface area contributed by atoms with Gasteiger partial charge in [0.05, 0.1) is 11.3 Å². The predicted molar refractivity (Wildman–Crippen MR) is 73.1 cm³/mol. The van der Waals surface area contributed by atoms with Crippen LogP contribution in [0.2, 0.25) is 0 Å². The fourth-order valence-corrected chi connectivity index (χ4v) is 2.16. The van der Waals surface area contributed by atoms with E-state index in [9.17, 15) is 0 Å². The van der Waals surface area contributed by atoms with Crippen molar-refractivity contribution in [3.63, 3.8) is 0 Å². The van der Waals surface area contributed by atoms with E-state index in [1.165, 1.54) is 11.8 Å². The van der Waals surface area contributed by atoms with Crippen LogP contribution in [0.3, 0.4) is 0 Å². The van der Waals surface area contributed by atoms with E-state index in [1.807, 2.05) is 18.2 Å². The first-order valence-corrected chi connectivity index (χ1v) is 6.39. The summed E-state index contributed by atoms with van der Waals surface area (Å²) in [5.74, 6) is 0.734. The molecule has 0 spiro atoms. The van der Waals surface area contributed by atoms with Gasteiger partial charge in [-0.1, -0.05) is 6.08 Å². The number of thioether (sulfide) groups is 1. The molecule has 0 unspecified atom stereocenters. The Balaban J connectivity index is 2.40. The first-order valence-electron chi connectivity index (χ1n) is 5.40. The van der Waals surface area contributed by atoms with E-state index in [1.54, 1.807) is 24.5 Å². The molecule has 0 bridgehead atoms.